The summed E-state index contributed by atoms with van der Waals surface area (Å²) >= 11 is 1.38. The molecule has 1 aliphatic heterocycles. The second-order valence-corrected chi connectivity index (χ2v) is 6.40. The van der Waals surface area contributed by atoms with Crippen LogP contribution in [0.4, 0.5) is 0 Å². The minimum Gasteiger partial charge on any atom is -0.463 e. The topological polar surface area (TPSA) is 46.6 Å². The van der Waals surface area contributed by atoms with Crippen LogP contribution < -0.4 is 0 Å². The van der Waals surface area contributed by atoms with Gasteiger partial charge >= 0.3 is 5.97 Å². The van der Waals surface area contributed by atoms with Crippen LogP contribution in [0.1, 0.15) is 37.8 Å². The minimum absolute atomic E-state index is 0.0217. The van der Waals surface area contributed by atoms with Crippen LogP contribution in [0, 0.1) is 0 Å². The van der Waals surface area contributed by atoms with Crippen LogP contribution >= 0.6 is 11.8 Å². The Bertz CT molecular complexity index is 578. The molecule has 1 aromatic rings. The van der Waals surface area contributed by atoms with Gasteiger partial charge in [0.05, 0.1) is 30.0 Å². The average Bonchev–Trinajstić information content (AvgIpc) is 2.81. The number of carbonyl (C=O) groups excluding carboxylic acids is 2. The predicted octanol–water partition coefficient (Wildman–Crippen LogP) is 3.29. The first-order chi connectivity index (χ1) is 10.5. The first-order valence-electron chi connectivity index (χ1n) is 7.41. The van der Waals surface area contributed by atoms with Crippen LogP contribution in [0.2, 0.25) is 0 Å². The van der Waals surface area contributed by atoms with E-state index < -0.39 is 5.97 Å². The van der Waals surface area contributed by atoms with Crippen LogP contribution in [0.15, 0.2) is 35.4 Å². The van der Waals surface area contributed by atoms with E-state index in [2.05, 4.69) is 26.0 Å². The van der Waals surface area contributed by atoms with E-state index in [0.717, 1.165) is 5.56 Å². The number of hydrogen-bond donors (Lipinski definition) is 0. The molecule has 118 valence electrons. The van der Waals surface area contributed by atoms with Crippen molar-refractivity contribution in [3.63, 3.8) is 0 Å². The Hall–Kier alpha value is -1.75. The largest absolute Gasteiger partial charge is 0.463 e. The molecule has 2 rings (SSSR count). The Morgan fingerprint density at radius 1 is 1.36 bits per heavy atom. The molecule has 0 aromatic heterocycles. The molecule has 0 saturated carbocycles. The number of rotatable bonds is 5. The Kier molecular flexibility index (Phi) is 5.66. The molecule has 1 fully saturated rings. The lowest BCUT2D eigenvalue weighted by atomic mass is 10.0. The summed E-state index contributed by atoms with van der Waals surface area (Å²) in [7, 11) is 0. The van der Waals surface area contributed by atoms with Gasteiger partial charge in [0.25, 0.3) is 0 Å². The molecule has 0 N–H and O–H groups in total. The molecule has 1 heterocycles. The zero-order chi connectivity index (χ0) is 16.1. The number of thioether (sulfide) groups is 1. The zero-order valence-corrected chi connectivity index (χ0v) is 14.0. The molecule has 1 aromatic carbocycles. The molecule has 1 saturated heterocycles. The molecule has 0 aliphatic carbocycles. The maximum Gasteiger partial charge on any atom is 0.333 e. The van der Waals surface area contributed by atoms with Gasteiger partial charge in [-0.05, 0) is 24.0 Å². The van der Waals surface area contributed by atoms with Gasteiger partial charge in [-0.1, -0.05) is 49.9 Å². The summed E-state index contributed by atoms with van der Waals surface area (Å²) in [5.41, 5.74) is 2.32. The molecule has 0 bridgehead atoms. The van der Waals surface area contributed by atoms with Crippen LogP contribution in [0.3, 0.4) is 0 Å². The normalized spacial score (nSPS) is 16.6. The highest BCUT2D eigenvalue weighted by Gasteiger charge is 2.27. The van der Waals surface area contributed by atoms with Gasteiger partial charge in [-0.25, -0.2) is 4.79 Å². The van der Waals surface area contributed by atoms with Crippen LogP contribution in [-0.2, 0) is 20.9 Å². The van der Waals surface area contributed by atoms with Gasteiger partial charge in [-0.3, -0.25) is 4.79 Å². The van der Waals surface area contributed by atoms with Crippen molar-refractivity contribution in [3.05, 3.63) is 46.5 Å². The summed E-state index contributed by atoms with van der Waals surface area (Å²) < 4.78 is 4.91. The molecule has 5 heteroatoms. The number of esters is 1. The second kappa shape index (κ2) is 7.49. The number of nitrogens with zero attached hydrogens (tertiary/aromatic N) is 1. The molecular formula is C17H21NO3S. The first kappa shape index (κ1) is 16.6. The van der Waals surface area contributed by atoms with Crippen LogP contribution in [0.25, 0.3) is 0 Å². The Balaban J connectivity index is 2.11. The van der Waals surface area contributed by atoms with E-state index in [-0.39, 0.29) is 5.91 Å². The van der Waals surface area contributed by atoms with Crippen molar-refractivity contribution in [1.29, 1.82) is 0 Å². The fourth-order valence-electron chi connectivity index (χ4n) is 2.18. The summed E-state index contributed by atoms with van der Waals surface area (Å²) in [6, 6.07) is 8.24. The Morgan fingerprint density at radius 2 is 2.05 bits per heavy atom. The lowest BCUT2D eigenvalue weighted by Crippen LogP contribution is -2.24. The van der Waals surface area contributed by atoms with Gasteiger partial charge in [-0.15, -0.1) is 0 Å². The van der Waals surface area contributed by atoms with Gasteiger partial charge in [0.1, 0.15) is 0 Å². The molecule has 0 unspecified atom stereocenters. The number of benzene rings is 1. The van der Waals surface area contributed by atoms with Crippen molar-refractivity contribution in [2.75, 3.05) is 12.4 Å². The monoisotopic (exact) mass is 319 g/mol. The number of carbonyl (C=O) groups is 2. The Labute approximate surface area is 135 Å². The average molecular weight is 319 g/mol. The molecule has 0 atom stereocenters. The number of hydrogen-bond acceptors (Lipinski definition) is 4. The fourth-order valence-corrected chi connectivity index (χ4v) is 3.10. The SMILES string of the molecule is CCOC(=O)/C=C1/SCC(=O)N1Cc1ccc(C(C)C)cc1. The van der Waals surface area contributed by atoms with E-state index in [1.54, 1.807) is 11.8 Å². The van der Waals surface area contributed by atoms with E-state index >= 15 is 0 Å². The highest BCUT2D eigenvalue weighted by molar-refractivity contribution is 8.04. The molecule has 0 radical (unpaired) electrons. The maximum atomic E-state index is 12.0. The quantitative estimate of drug-likeness (QED) is 0.617. The zero-order valence-electron chi connectivity index (χ0n) is 13.2. The highest BCUT2D eigenvalue weighted by Crippen LogP contribution is 2.30. The summed E-state index contributed by atoms with van der Waals surface area (Å²) in [6.45, 7) is 6.87. The molecule has 1 aliphatic rings. The molecule has 22 heavy (non-hydrogen) atoms. The van der Waals surface area contributed by atoms with Gasteiger partial charge in [0.15, 0.2) is 0 Å². The summed E-state index contributed by atoms with van der Waals surface area (Å²) in [4.78, 5) is 25.2. The van der Waals surface area contributed by atoms with Gasteiger partial charge in [0, 0.05) is 0 Å². The van der Waals surface area contributed by atoms with E-state index in [0.29, 0.717) is 29.9 Å². The van der Waals surface area contributed by atoms with Crippen LogP contribution in [0.5, 0.6) is 0 Å². The van der Waals surface area contributed by atoms with Crippen molar-refractivity contribution >= 4 is 23.6 Å². The van der Waals surface area contributed by atoms with E-state index in [9.17, 15) is 9.59 Å². The standard InChI is InChI=1S/C17H21NO3S/c1-4-21-17(20)9-16-18(15(19)11-22-16)10-13-5-7-14(8-6-13)12(2)3/h5-9,12H,4,10-11H2,1-3H3/b16-9+. The van der Waals surface area contributed by atoms with Crippen molar-refractivity contribution < 1.29 is 14.3 Å². The summed E-state index contributed by atoms with van der Waals surface area (Å²) in [5, 5.41) is 0.663. The highest BCUT2D eigenvalue weighted by atomic mass is 32.2. The molecular weight excluding hydrogens is 298 g/mol. The number of amides is 1. The minimum atomic E-state index is -0.403. The summed E-state index contributed by atoms with van der Waals surface area (Å²) in [6.07, 6.45) is 1.40. The van der Waals surface area contributed by atoms with Crippen molar-refractivity contribution in [2.24, 2.45) is 0 Å². The van der Waals surface area contributed by atoms with Gasteiger partial charge in [-0.2, -0.15) is 0 Å². The molecule has 1 amide bonds. The van der Waals surface area contributed by atoms with Crippen molar-refractivity contribution in [2.45, 2.75) is 33.2 Å². The smallest absolute Gasteiger partial charge is 0.333 e. The summed E-state index contributed by atoms with van der Waals surface area (Å²) in [5.74, 6) is 0.473. The lowest BCUT2D eigenvalue weighted by Gasteiger charge is -2.17. The third-order valence-corrected chi connectivity index (χ3v) is 4.45. The van der Waals surface area contributed by atoms with E-state index in [4.69, 9.17) is 4.74 Å². The fraction of sp³-hybridized carbons (Fsp3) is 0.412. The molecule has 4 nitrogen and oxygen atoms in total. The van der Waals surface area contributed by atoms with E-state index in [1.165, 1.54) is 23.4 Å². The lowest BCUT2D eigenvalue weighted by molar-refractivity contribution is -0.137. The third-order valence-electron chi connectivity index (χ3n) is 3.43. The first-order valence-corrected chi connectivity index (χ1v) is 8.40. The third kappa shape index (κ3) is 4.13. The number of ether oxygens (including phenoxy) is 1. The maximum absolute atomic E-state index is 12.0. The predicted molar refractivity (Wildman–Crippen MR) is 88.3 cm³/mol. The van der Waals surface area contributed by atoms with Gasteiger partial charge in [0.2, 0.25) is 5.91 Å². The molecule has 0 spiro atoms. The van der Waals surface area contributed by atoms with Gasteiger partial charge < -0.3 is 9.64 Å². The van der Waals surface area contributed by atoms with E-state index in [1.807, 2.05) is 12.1 Å². The van der Waals surface area contributed by atoms with Crippen molar-refractivity contribution in [1.82, 2.24) is 4.90 Å². The van der Waals surface area contributed by atoms with Crippen molar-refractivity contribution in [3.8, 4) is 0 Å². The second-order valence-electron chi connectivity index (χ2n) is 5.40. The van der Waals surface area contributed by atoms with Crippen LogP contribution in [-0.4, -0.2) is 29.1 Å². The Morgan fingerprint density at radius 3 is 2.64 bits per heavy atom.